The summed E-state index contributed by atoms with van der Waals surface area (Å²) in [6, 6.07) is 18.2. The molecule has 1 unspecified atom stereocenters. The molecule has 0 aliphatic carbocycles. The summed E-state index contributed by atoms with van der Waals surface area (Å²) in [5, 5.41) is 2.13. The van der Waals surface area contributed by atoms with E-state index in [0.717, 1.165) is 5.56 Å². The lowest BCUT2D eigenvalue weighted by Crippen LogP contribution is -2.40. The second-order valence-corrected chi connectivity index (χ2v) is 10.7. The predicted octanol–water partition coefficient (Wildman–Crippen LogP) is 3.64. The third kappa shape index (κ3) is 4.44. The first-order valence-electron chi connectivity index (χ1n) is 10.9. The van der Waals surface area contributed by atoms with Crippen molar-refractivity contribution in [2.24, 2.45) is 0 Å². The fourth-order valence-corrected chi connectivity index (χ4v) is 6.32. The van der Waals surface area contributed by atoms with Crippen LogP contribution in [-0.2, 0) is 26.0 Å². The van der Waals surface area contributed by atoms with Crippen molar-refractivity contribution in [1.29, 1.82) is 0 Å². The Kier molecular flexibility index (Phi) is 6.12. The third-order valence-corrected chi connectivity index (χ3v) is 8.52. The molecular formula is C25H21ClN2O6S. The van der Waals surface area contributed by atoms with E-state index >= 15 is 0 Å². The second-order valence-electron chi connectivity index (χ2n) is 8.17. The molecule has 5 rings (SSSR count). The van der Waals surface area contributed by atoms with Crippen molar-refractivity contribution in [3.05, 3.63) is 82.9 Å². The minimum atomic E-state index is -3.96. The van der Waals surface area contributed by atoms with Crippen molar-refractivity contribution in [1.82, 2.24) is 5.32 Å². The van der Waals surface area contributed by atoms with Crippen LogP contribution in [0.25, 0.3) is 0 Å². The Morgan fingerprint density at radius 3 is 2.60 bits per heavy atom. The number of nitrogens with zero attached hydrogens (tertiary/aromatic N) is 1. The van der Waals surface area contributed by atoms with Crippen LogP contribution in [0.4, 0.5) is 5.69 Å². The monoisotopic (exact) mass is 512 g/mol. The highest BCUT2D eigenvalue weighted by Crippen LogP contribution is 2.43. The standard InChI is InChI=1S/C25H21ClN2O6S/c26-18-6-2-1-5-17(18)13-27-24(29)14-28-19-7-3-4-8-22(19)35(31,32)23(12-25(28)30)16-9-10-20-21(11-16)34-15-33-20/h1-11,23H,12-15H2,(H,27,29). The van der Waals surface area contributed by atoms with E-state index in [1.54, 1.807) is 48.5 Å². The number of rotatable bonds is 5. The average molecular weight is 513 g/mol. The Hall–Kier alpha value is -3.56. The molecule has 2 amide bonds. The van der Waals surface area contributed by atoms with Crippen molar-refractivity contribution in [2.75, 3.05) is 18.2 Å². The van der Waals surface area contributed by atoms with Gasteiger partial charge in [-0.2, -0.15) is 0 Å². The molecule has 0 saturated heterocycles. The number of carbonyl (C=O) groups excluding carboxylic acids is 2. The van der Waals surface area contributed by atoms with E-state index in [9.17, 15) is 18.0 Å². The van der Waals surface area contributed by atoms with Crippen molar-refractivity contribution in [3.63, 3.8) is 0 Å². The van der Waals surface area contributed by atoms with E-state index in [1.165, 1.54) is 17.0 Å². The Labute approximate surface area is 207 Å². The van der Waals surface area contributed by atoms with Gasteiger partial charge in [-0.3, -0.25) is 9.59 Å². The smallest absolute Gasteiger partial charge is 0.240 e. The summed E-state index contributed by atoms with van der Waals surface area (Å²) in [5.41, 5.74) is 1.33. The van der Waals surface area contributed by atoms with Crippen LogP contribution in [0.2, 0.25) is 5.02 Å². The summed E-state index contributed by atoms with van der Waals surface area (Å²) < 4.78 is 38.1. The number of hydrogen-bond donors (Lipinski definition) is 1. The minimum absolute atomic E-state index is 0.00702. The number of halogens is 1. The van der Waals surface area contributed by atoms with E-state index in [2.05, 4.69) is 5.32 Å². The lowest BCUT2D eigenvalue weighted by molar-refractivity contribution is -0.124. The van der Waals surface area contributed by atoms with Gasteiger partial charge >= 0.3 is 0 Å². The topological polar surface area (TPSA) is 102 Å². The SMILES string of the molecule is O=C(CN1C(=O)CC(c2ccc3c(c2)OCO3)S(=O)(=O)c2ccccc21)NCc1ccccc1Cl. The minimum Gasteiger partial charge on any atom is -0.454 e. The molecule has 2 aliphatic heterocycles. The third-order valence-electron chi connectivity index (χ3n) is 6.00. The van der Waals surface area contributed by atoms with Crippen LogP contribution in [0.15, 0.2) is 71.6 Å². The Bertz CT molecular complexity index is 1420. The zero-order chi connectivity index (χ0) is 24.6. The number of fused-ring (bicyclic) bond motifs is 2. The predicted molar refractivity (Wildman–Crippen MR) is 129 cm³/mol. The molecule has 3 aromatic rings. The molecule has 0 saturated carbocycles. The average Bonchev–Trinajstić information content (AvgIpc) is 3.30. The van der Waals surface area contributed by atoms with E-state index in [0.29, 0.717) is 22.1 Å². The van der Waals surface area contributed by atoms with Crippen molar-refractivity contribution in [2.45, 2.75) is 23.1 Å². The van der Waals surface area contributed by atoms with Crippen LogP contribution in [0.3, 0.4) is 0 Å². The van der Waals surface area contributed by atoms with Gasteiger partial charge in [0.1, 0.15) is 6.54 Å². The van der Waals surface area contributed by atoms with Gasteiger partial charge in [-0.1, -0.05) is 48.0 Å². The highest BCUT2D eigenvalue weighted by molar-refractivity contribution is 7.92. The lowest BCUT2D eigenvalue weighted by atomic mass is 10.1. The Morgan fingerprint density at radius 2 is 1.77 bits per heavy atom. The summed E-state index contributed by atoms with van der Waals surface area (Å²) in [6.07, 6.45) is -0.325. The number of carbonyl (C=O) groups is 2. The van der Waals surface area contributed by atoms with Crippen LogP contribution in [0.1, 0.15) is 22.8 Å². The van der Waals surface area contributed by atoms with E-state index < -0.39 is 26.9 Å². The van der Waals surface area contributed by atoms with Gasteiger partial charge in [0, 0.05) is 18.0 Å². The van der Waals surface area contributed by atoms with Gasteiger partial charge in [0.05, 0.1) is 15.8 Å². The highest BCUT2D eigenvalue weighted by atomic mass is 35.5. The molecule has 1 atom stereocenters. The number of benzene rings is 3. The fraction of sp³-hybridized carbons (Fsp3) is 0.200. The maximum atomic E-state index is 13.7. The Balaban J connectivity index is 1.44. The molecule has 35 heavy (non-hydrogen) atoms. The number of nitrogens with one attached hydrogen (secondary N) is 1. The van der Waals surface area contributed by atoms with Gasteiger partial charge in [0.15, 0.2) is 21.3 Å². The molecule has 2 aliphatic rings. The summed E-state index contributed by atoms with van der Waals surface area (Å²) in [4.78, 5) is 27.3. The molecule has 3 aromatic carbocycles. The highest BCUT2D eigenvalue weighted by Gasteiger charge is 2.40. The number of sulfone groups is 1. The number of amides is 2. The summed E-state index contributed by atoms with van der Waals surface area (Å²) in [6.45, 7) is -0.0982. The second kappa shape index (κ2) is 9.24. The van der Waals surface area contributed by atoms with Crippen LogP contribution >= 0.6 is 11.6 Å². The maximum absolute atomic E-state index is 13.7. The molecule has 10 heteroatoms. The largest absolute Gasteiger partial charge is 0.454 e. The van der Waals surface area contributed by atoms with Crippen molar-refractivity contribution >= 4 is 38.9 Å². The zero-order valence-electron chi connectivity index (χ0n) is 18.4. The molecule has 0 radical (unpaired) electrons. The molecular weight excluding hydrogens is 492 g/mol. The van der Waals surface area contributed by atoms with Gasteiger partial charge in [0.25, 0.3) is 0 Å². The van der Waals surface area contributed by atoms with Crippen LogP contribution in [-0.4, -0.2) is 33.6 Å². The molecule has 8 nitrogen and oxygen atoms in total. The number of hydrogen-bond acceptors (Lipinski definition) is 6. The fourth-order valence-electron chi connectivity index (χ4n) is 4.21. The van der Waals surface area contributed by atoms with E-state index in [1.807, 2.05) is 6.07 Å². The summed E-state index contributed by atoms with van der Waals surface area (Å²) in [5.74, 6) is 0.0305. The van der Waals surface area contributed by atoms with Crippen molar-refractivity contribution in [3.8, 4) is 11.5 Å². The molecule has 0 fully saturated rings. The first-order valence-corrected chi connectivity index (χ1v) is 12.8. The van der Waals surface area contributed by atoms with Gasteiger partial charge in [-0.25, -0.2) is 8.42 Å². The maximum Gasteiger partial charge on any atom is 0.240 e. The van der Waals surface area contributed by atoms with E-state index in [4.69, 9.17) is 21.1 Å². The molecule has 0 bridgehead atoms. The molecule has 180 valence electrons. The van der Waals surface area contributed by atoms with Crippen LogP contribution < -0.4 is 19.7 Å². The molecule has 2 heterocycles. The Morgan fingerprint density at radius 1 is 1.03 bits per heavy atom. The summed E-state index contributed by atoms with van der Waals surface area (Å²) >= 11 is 6.15. The first-order chi connectivity index (χ1) is 16.8. The summed E-state index contributed by atoms with van der Waals surface area (Å²) in [7, 11) is -3.96. The van der Waals surface area contributed by atoms with Gasteiger partial charge < -0.3 is 19.7 Å². The van der Waals surface area contributed by atoms with E-state index in [-0.39, 0.29) is 36.9 Å². The van der Waals surface area contributed by atoms with Crippen LogP contribution in [0.5, 0.6) is 11.5 Å². The molecule has 0 spiro atoms. The first kappa shape index (κ1) is 23.2. The van der Waals surface area contributed by atoms with Crippen molar-refractivity contribution < 1.29 is 27.5 Å². The number of anilines is 1. The quantitative estimate of drug-likeness (QED) is 0.560. The number of para-hydroxylation sites is 1. The van der Waals surface area contributed by atoms with Gasteiger partial charge in [-0.15, -0.1) is 0 Å². The lowest BCUT2D eigenvalue weighted by Gasteiger charge is -2.22. The van der Waals surface area contributed by atoms with Gasteiger partial charge in [0.2, 0.25) is 18.6 Å². The van der Waals surface area contributed by atoms with Gasteiger partial charge in [-0.05, 0) is 41.5 Å². The number of ether oxygens (including phenoxy) is 2. The molecule has 0 aromatic heterocycles. The normalized spacial score (nSPS) is 18.0. The zero-order valence-corrected chi connectivity index (χ0v) is 20.0. The van der Waals surface area contributed by atoms with Crippen LogP contribution in [0, 0.1) is 0 Å². The molecule has 1 N–H and O–H groups in total.